The van der Waals surface area contributed by atoms with Crippen molar-refractivity contribution in [2.45, 2.75) is 12.5 Å². The van der Waals surface area contributed by atoms with Crippen LogP contribution in [0.15, 0.2) is 78.9 Å². The average molecular weight is 418 g/mol. The van der Waals surface area contributed by atoms with E-state index in [-0.39, 0.29) is 18.0 Å². The van der Waals surface area contributed by atoms with Gasteiger partial charge >= 0.3 is 6.03 Å². The molecule has 0 aliphatic carbocycles. The monoisotopic (exact) mass is 418 g/mol. The minimum absolute atomic E-state index is 0.257. The van der Waals surface area contributed by atoms with Crippen LogP contribution < -0.4 is 21.7 Å². The van der Waals surface area contributed by atoms with E-state index in [0.29, 0.717) is 35.7 Å². The van der Waals surface area contributed by atoms with Crippen molar-refractivity contribution in [3.63, 3.8) is 0 Å². The maximum absolute atomic E-state index is 12.5. The Bertz CT molecular complexity index is 1010. The van der Waals surface area contributed by atoms with Crippen LogP contribution in [0.4, 0.5) is 21.9 Å². The van der Waals surface area contributed by atoms with Crippen molar-refractivity contribution >= 4 is 29.0 Å². The number of nitrogens with one attached hydrogen (secondary N) is 3. The lowest BCUT2D eigenvalue weighted by molar-refractivity contribution is 0.102. The zero-order valence-corrected chi connectivity index (χ0v) is 17.3. The molecule has 3 aromatic carbocycles. The van der Waals surface area contributed by atoms with E-state index < -0.39 is 0 Å². The van der Waals surface area contributed by atoms with Crippen LogP contribution in [0.2, 0.25) is 0 Å². The van der Waals surface area contributed by atoms with E-state index in [4.69, 9.17) is 10.5 Å². The number of urea groups is 1. The summed E-state index contributed by atoms with van der Waals surface area (Å²) in [4.78, 5) is 25.0. The van der Waals surface area contributed by atoms with E-state index in [1.807, 2.05) is 48.5 Å². The number of carbonyl (C=O) groups is 2. The number of methoxy groups -OCH3 is 1. The van der Waals surface area contributed by atoms with Crippen molar-refractivity contribution < 1.29 is 14.3 Å². The summed E-state index contributed by atoms with van der Waals surface area (Å²) in [6.07, 6.45) is 0.588. The van der Waals surface area contributed by atoms with E-state index in [1.165, 1.54) is 0 Å². The normalized spacial score (nSPS) is 11.4. The quantitative estimate of drug-likeness (QED) is 0.406. The summed E-state index contributed by atoms with van der Waals surface area (Å²) in [5, 5.41) is 8.58. The highest BCUT2D eigenvalue weighted by molar-refractivity contribution is 6.05. The third-order valence-electron chi connectivity index (χ3n) is 4.73. The van der Waals surface area contributed by atoms with Crippen LogP contribution >= 0.6 is 0 Å². The van der Waals surface area contributed by atoms with Gasteiger partial charge in [0.15, 0.2) is 0 Å². The lowest BCUT2D eigenvalue weighted by Gasteiger charge is -2.20. The minimum Gasteiger partial charge on any atom is -0.397 e. The van der Waals surface area contributed by atoms with Gasteiger partial charge in [-0.15, -0.1) is 0 Å². The number of ether oxygens (including phenoxy) is 1. The largest absolute Gasteiger partial charge is 0.397 e. The van der Waals surface area contributed by atoms with Crippen LogP contribution in [0, 0.1) is 0 Å². The predicted molar refractivity (Wildman–Crippen MR) is 123 cm³/mol. The Labute approximate surface area is 181 Å². The topological polar surface area (TPSA) is 105 Å². The molecule has 160 valence electrons. The van der Waals surface area contributed by atoms with Crippen LogP contribution in [-0.2, 0) is 4.74 Å². The standard InChI is InChI=1S/C24H26N4O3/c1-31-16-15-21(28-24(30)26-19-7-3-2-4-8-19)17-11-13-18(14-12-17)23(29)27-22-10-6-5-9-20(22)25/h2-14,21H,15-16,25H2,1H3,(H,27,29)(H2,26,28,30). The number of nitrogen functional groups attached to an aromatic ring is 1. The van der Waals surface area contributed by atoms with Crippen LogP contribution in [0.5, 0.6) is 0 Å². The molecule has 0 aromatic heterocycles. The molecule has 7 nitrogen and oxygen atoms in total. The maximum Gasteiger partial charge on any atom is 0.319 e. The molecular weight excluding hydrogens is 392 g/mol. The van der Waals surface area contributed by atoms with Gasteiger partial charge in [0, 0.05) is 25.0 Å². The summed E-state index contributed by atoms with van der Waals surface area (Å²) in [5.74, 6) is -0.257. The summed E-state index contributed by atoms with van der Waals surface area (Å²) in [5.41, 5.74) is 9.02. The van der Waals surface area contributed by atoms with E-state index >= 15 is 0 Å². The highest BCUT2D eigenvalue weighted by atomic mass is 16.5. The van der Waals surface area contributed by atoms with Gasteiger partial charge in [-0.25, -0.2) is 4.79 Å². The first kappa shape index (κ1) is 21.9. The molecule has 1 unspecified atom stereocenters. The lowest BCUT2D eigenvalue weighted by Crippen LogP contribution is -2.33. The number of carbonyl (C=O) groups excluding carboxylic acids is 2. The molecular formula is C24H26N4O3. The molecule has 0 bridgehead atoms. The Morgan fingerprint density at radius 3 is 2.26 bits per heavy atom. The molecule has 3 rings (SSSR count). The number of anilines is 3. The summed E-state index contributed by atoms with van der Waals surface area (Å²) in [6.45, 7) is 0.478. The van der Waals surface area contributed by atoms with Crippen LogP contribution in [0.3, 0.4) is 0 Å². The van der Waals surface area contributed by atoms with E-state index in [0.717, 1.165) is 5.56 Å². The molecule has 5 N–H and O–H groups in total. The minimum atomic E-state index is -0.311. The Hall–Kier alpha value is -3.84. The fraction of sp³-hybridized carbons (Fsp3) is 0.167. The molecule has 0 radical (unpaired) electrons. The fourth-order valence-electron chi connectivity index (χ4n) is 3.08. The van der Waals surface area contributed by atoms with Crippen molar-refractivity contribution in [2.75, 3.05) is 30.1 Å². The number of benzene rings is 3. The third-order valence-corrected chi connectivity index (χ3v) is 4.73. The van der Waals surface area contributed by atoms with Crippen molar-refractivity contribution in [2.24, 2.45) is 0 Å². The molecule has 0 saturated carbocycles. The first-order valence-electron chi connectivity index (χ1n) is 9.94. The molecule has 1 atom stereocenters. The predicted octanol–water partition coefficient (Wildman–Crippen LogP) is 4.42. The van der Waals surface area contributed by atoms with E-state index in [2.05, 4.69) is 16.0 Å². The molecule has 31 heavy (non-hydrogen) atoms. The molecule has 0 saturated heterocycles. The van der Waals surface area contributed by atoms with Crippen molar-refractivity contribution in [3.8, 4) is 0 Å². The smallest absolute Gasteiger partial charge is 0.319 e. The highest BCUT2D eigenvalue weighted by Gasteiger charge is 2.16. The molecule has 3 aromatic rings. The number of amides is 3. The fourth-order valence-corrected chi connectivity index (χ4v) is 3.08. The SMILES string of the molecule is COCCC(NC(=O)Nc1ccccc1)c1ccc(C(=O)Nc2ccccc2N)cc1. The molecule has 0 aliphatic heterocycles. The van der Waals surface area contributed by atoms with Gasteiger partial charge < -0.3 is 26.4 Å². The molecule has 3 amide bonds. The number of hydrogen-bond acceptors (Lipinski definition) is 4. The van der Waals surface area contributed by atoms with Gasteiger partial charge in [0.1, 0.15) is 0 Å². The Balaban J connectivity index is 1.67. The van der Waals surface area contributed by atoms with Crippen molar-refractivity contribution in [1.29, 1.82) is 0 Å². The second kappa shape index (κ2) is 10.8. The number of para-hydroxylation sites is 3. The van der Waals surface area contributed by atoms with Gasteiger partial charge in [-0.2, -0.15) is 0 Å². The second-order valence-electron chi connectivity index (χ2n) is 6.96. The zero-order valence-electron chi connectivity index (χ0n) is 17.3. The Morgan fingerprint density at radius 1 is 0.903 bits per heavy atom. The highest BCUT2D eigenvalue weighted by Crippen LogP contribution is 2.21. The second-order valence-corrected chi connectivity index (χ2v) is 6.96. The molecule has 0 spiro atoms. The van der Waals surface area contributed by atoms with Gasteiger partial charge in [-0.05, 0) is 48.4 Å². The number of hydrogen-bond donors (Lipinski definition) is 4. The molecule has 7 heteroatoms. The first-order chi connectivity index (χ1) is 15.1. The van der Waals surface area contributed by atoms with Gasteiger partial charge in [0.25, 0.3) is 5.91 Å². The molecule has 0 heterocycles. The summed E-state index contributed by atoms with van der Waals surface area (Å²) >= 11 is 0. The Kier molecular flexibility index (Phi) is 7.61. The summed E-state index contributed by atoms with van der Waals surface area (Å²) in [7, 11) is 1.61. The first-order valence-corrected chi connectivity index (χ1v) is 9.94. The van der Waals surface area contributed by atoms with Crippen LogP contribution in [-0.4, -0.2) is 25.7 Å². The summed E-state index contributed by atoms with van der Waals surface area (Å²) in [6, 6.07) is 22.8. The van der Waals surface area contributed by atoms with Crippen molar-refractivity contribution in [3.05, 3.63) is 90.0 Å². The number of rotatable bonds is 8. The lowest BCUT2D eigenvalue weighted by atomic mass is 10.0. The van der Waals surface area contributed by atoms with E-state index in [1.54, 1.807) is 37.4 Å². The molecule has 0 aliphatic rings. The van der Waals surface area contributed by atoms with Gasteiger partial charge in [-0.3, -0.25) is 4.79 Å². The number of nitrogens with two attached hydrogens (primary N) is 1. The zero-order chi connectivity index (χ0) is 22.1. The Morgan fingerprint density at radius 2 is 1.58 bits per heavy atom. The van der Waals surface area contributed by atoms with Gasteiger partial charge in [0.05, 0.1) is 17.4 Å². The third kappa shape index (κ3) is 6.32. The van der Waals surface area contributed by atoms with Crippen LogP contribution in [0.1, 0.15) is 28.4 Å². The molecule has 0 fully saturated rings. The van der Waals surface area contributed by atoms with Crippen molar-refractivity contribution in [1.82, 2.24) is 5.32 Å². The maximum atomic E-state index is 12.5. The van der Waals surface area contributed by atoms with Gasteiger partial charge in [0.2, 0.25) is 0 Å². The van der Waals surface area contributed by atoms with Gasteiger partial charge in [-0.1, -0.05) is 42.5 Å². The average Bonchev–Trinajstić information content (AvgIpc) is 2.79. The van der Waals surface area contributed by atoms with E-state index in [9.17, 15) is 9.59 Å². The van der Waals surface area contributed by atoms with Crippen LogP contribution in [0.25, 0.3) is 0 Å². The summed E-state index contributed by atoms with van der Waals surface area (Å²) < 4.78 is 5.19.